The Kier molecular flexibility index (Phi) is 3.39. The minimum absolute atomic E-state index is 0.161. The molecule has 0 saturated carbocycles. The van der Waals surface area contributed by atoms with Crippen molar-refractivity contribution in [2.24, 2.45) is 0 Å². The molecule has 1 heterocycles. The van der Waals surface area contributed by atoms with Crippen LogP contribution in [-0.2, 0) is 11.2 Å². The van der Waals surface area contributed by atoms with Crippen molar-refractivity contribution < 1.29 is 14.6 Å². The quantitative estimate of drug-likeness (QED) is 0.813. The van der Waals surface area contributed by atoms with Gasteiger partial charge in [0.05, 0.1) is 18.4 Å². The van der Waals surface area contributed by atoms with Gasteiger partial charge in [0, 0.05) is 17.8 Å². The number of ether oxygens (including phenoxy) is 1. The van der Waals surface area contributed by atoms with Crippen LogP contribution in [0.3, 0.4) is 0 Å². The summed E-state index contributed by atoms with van der Waals surface area (Å²) in [4.78, 5) is 14.7. The molecule has 0 radical (unpaired) electrons. The van der Waals surface area contributed by atoms with Crippen LogP contribution in [0.2, 0.25) is 0 Å². The average Bonchev–Trinajstić information content (AvgIpc) is 2.76. The second kappa shape index (κ2) is 4.97. The van der Waals surface area contributed by atoms with Gasteiger partial charge in [0.15, 0.2) is 0 Å². The van der Waals surface area contributed by atoms with E-state index in [4.69, 9.17) is 4.74 Å². The summed E-state index contributed by atoms with van der Waals surface area (Å²) < 4.78 is 5.23. The summed E-state index contributed by atoms with van der Waals surface area (Å²) >= 11 is 1.39. The van der Waals surface area contributed by atoms with E-state index in [0.717, 1.165) is 16.3 Å². The van der Waals surface area contributed by atoms with Crippen LogP contribution in [0.5, 0.6) is 5.75 Å². The van der Waals surface area contributed by atoms with E-state index >= 15 is 0 Å². The lowest BCUT2D eigenvalue weighted by atomic mass is 10.2. The zero-order chi connectivity index (χ0) is 12.3. The summed E-state index contributed by atoms with van der Waals surface area (Å²) in [7, 11) is 1.59. The Bertz CT molecular complexity index is 536. The lowest BCUT2D eigenvalue weighted by molar-refractivity contribution is -0.304. The molecular weight excluding hydrogens is 238 g/mol. The van der Waals surface area contributed by atoms with Crippen molar-refractivity contribution in [3.05, 3.63) is 35.3 Å². The average molecular weight is 248 g/mol. The highest BCUT2D eigenvalue weighted by Crippen LogP contribution is 2.31. The van der Waals surface area contributed by atoms with Gasteiger partial charge in [-0.15, -0.1) is 11.3 Å². The number of nitrogens with zero attached hydrogens (tertiary/aromatic N) is 1. The number of carboxylic acid groups (broad SMARTS) is 1. The van der Waals surface area contributed by atoms with E-state index in [1.54, 1.807) is 12.5 Å². The third-order valence-electron chi connectivity index (χ3n) is 2.21. The van der Waals surface area contributed by atoms with E-state index in [0.29, 0.717) is 5.69 Å². The number of thiazole rings is 1. The fraction of sp³-hybridized carbons (Fsp3) is 0.167. The van der Waals surface area contributed by atoms with Crippen molar-refractivity contribution in [1.82, 2.24) is 4.98 Å². The van der Waals surface area contributed by atoms with Gasteiger partial charge in [-0.05, 0) is 12.1 Å². The number of aliphatic carboxylic acids is 1. The summed E-state index contributed by atoms with van der Waals surface area (Å²) in [6, 6.07) is 7.49. The largest absolute Gasteiger partial charge is 0.550 e. The van der Waals surface area contributed by atoms with Gasteiger partial charge in [0.1, 0.15) is 10.8 Å². The molecule has 0 saturated heterocycles. The molecule has 0 N–H and O–H groups in total. The third-order valence-corrected chi connectivity index (χ3v) is 3.14. The molecule has 0 unspecified atom stereocenters. The zero-order valence-electron chi connectivity index (χ0n) is 9.17. The van der Waals surface area contributed by atoms with Gasteiger partial charge in [0.25, 0.3) is 0 Å². The molecule has 0 atom stereocenters. The number of rotatable bonds is 4. The van der Waals surface area contributed by atoms with Crippen molar-refractivity contribution in [3.8, 4) is 16.3 Å². The van der Waals surface area contributed by atoms with Crippen LogP contribution in [-0.4, -0.2) is 18.1 Å². The van der Waals surface area contributed by atoms with Gasteiger partial charge < -0.3 is 14.6 Å². The van der Waals surface area contributed by atoms with Crippen molar-refractivity contribution >= 4 is 17.3 Å². The van der Waals surface area contributed by atoms with E-state index < -0.39 is 5.97 Å². The fourth-order valence-electron chi connectivity index (χ4n) is 1.48. The molecule has 5 heteroatoms. The van der Waals surface area contributed by atoms with Gasteiger partial charge >= 0.3 is 0 Å². The molecule has 1 aromatic carbocycles. The first-order chi connectivity index (χ1) is 8.20. The van der Waals surface area contributed by atoms with Crippen LogP contribution in [0.15, 0.2) is 29.6 Å². The van der Waals surface area contributed by atoms with Crippen molar-refractivity contribution in [2.75, 3.05) is 7.11 Å². The van der Waals surface area contributed by atoms with Gasteiger partial charge in [-0.2, -0.15) is 0 Å². The standard InChI is InChI=1S/C12H11NO3S/c1-16-10-5-3-2-4-9(10)12-13-8(7-17-12)6-11(14)15/h2-5,7H,6H2,1H3,(H,14,15)/p-1. The maximum Gasteiger partial charge on any atom is 0.129 e. The lowest BCUT2D eigenvalue weighted by Crippen LogP contribution is -2.24. The summed E-state index contributed by atoms with van der Waals surface area (Å²) in [5, 5.41) is 12.9. The van der Waals surface area contributed by atoms with Gasteiger partial charge in [-0.3, -0.25) is 0 Å². The Labute approximate surface area is 103 Å². The van der Waals surface area contributed by atoms with Crippen LogP contribution < -0.4 is 9.84 Å². The molecule has 0 fully saturated rings. The molecule has 0 aliphatic rings. The lowest BCUT2D eigenvalue weighted by Gasteiger charge is -2.04. The molecular formula is C12H10NO3S-. The second-order valence-corrected chi connectivity index (χ2v) is 4.25. The number of para-hydroxylation sites is 1. The normalized spacial score (nSPS) is 10.2. The molecule has 1 aromatic heterocycles. The van der Waals surface area contributed by atoms with Gasteiger partial charge in [-0.25, -0.2) is 4.98 Å². The highest BCUT2D eigenvalue weighted by atomic mass is 32.1. The first kappa shape index (κ1) is 11.6. The van der Waals surface area contributed by atoms with E-state index in [1.165, 1.54) is 11.3 Å². The van der Waals surface area contributed by atoms with E-state index in [1.807, 2.05) is 24.3 Å². The number of hydrogen-bond acceptors (Lipinski definition) is 5. The number of hydrogen-bond donors (Lipinski definition) is 0. The van der Waals surface area contributed by atoms with Gasteiger partial charge in [0.2, 0.25) is 0 Å². The highest BCUT2D eigenvalue weighted by molar-refractivity contribution is 7.13. The number of aromatic nitrogens is 1. The van der Waals surface area contributed by atoms with Crippen molar-refractivity contribution in [2.45, 2.75) is 6.42 Å². The Morgan fingerprint density at radius 1 is 1.47 bits per heavy atom. The minimum Gasteiger partial charge on any atom is -0.550 e. The van der Waals surface area contributed by atoms with Crippen LogP contribution in [0.1, 0.15) is 5.69 Å². The molecule has 2 aromatic rings. The van der Waals surface area contributed by atoms with E-state index in [-0.39, 0.29) is 6.42 Å². The van der Waals surface area contributed by atoms with Crippen molar-refractivity contribution in [1.29, 1.82) is 0 Å². The summed E-state index contributed by atoms with van der Waals surface area (Å²) in [6.07, 6.45) is -0.161. The number of benzene rings is 1. The summed E-state index contributed by atoms with van der Waals surface area (Å²) in [5.41, 5.74) is 1.38. The molecule has 0 spiro atoms. The van der Waals surface area contributed by atoms with Gasteiger partial charge in [-0.1, -0.05) is 12.1 Å². The first-order valence-electron chi connectivity index (χ1n) is 4.98. The van der Waals surface area contributed by atoms with Crippen LogP contribution in [0, 0.1) is 0 Å². The van der Waals surface area contributed by atoms with Crippen LogP contribution in [0.25, 0.3) is 10.6 Å². The Hall–Kier alpha value is -1.88. The number of methoxy groups -OCH3 is 1. The number of carbonyl (C=O) groups excluding carboxylic acids is 1. The molecule has 2 rings (SSSR count). The maximum atomic E-state index is 10.5. The minimum atomic E-state index is -1.12. The second-order valence-electron chi connectivity index (χ2n) is 3.39. The smallest absolute Gasteiger partial charge is 0.129 e. The predicted molar refractivity (Wildman–Crippen MR) is 62.8 cm³/mol. The Balaban J connectivity index is 2.33. The molecule has 17 heavy (non-hydrogen) atoms. The molecule has 4 nitrogen and oxygen atoms in total. The predicted octanol–water partition coefficient (Wildman–Crippen LogP) is 1.11. The number of carbonyl (C=O) groups is 1. The molecule has 0 aliphatic heterocycles. The topological polar surface area (TPSA) is 62.2 Å². The zero-order valence-corrected chi connectivity index (χ0v) is 9.99. The summed E-state index contributed by atoms with van der Waals surface area (Å²) in [5.74, 6) is -0.399. The monoisotopic (exact) mass is 248 g/mol. The Morgan fingerprint density at radius 2 is 2.24 bits per heavy atom. The SMILES string of the molecule is COc1ccccc1-c1nc(CC(=O)[O-])cs1. The molecule has 88 valence electrons. The molecule has 0 aliphatic carbocycles. The third kappa shape index (κ3) is 2.62. The molecule has 0 bridgehead atoms. The highest BCUT2D eigenvalue weighted by Gasteiger charge is 2.09. The Morgan fingerprint density at radius 3 is 2.94 bits per heavy atom. The van der Waals surface area contributed by atoms with Crippen LogP contribution in [0.4, 0.5) is 0 Å². The molecule has 0 amide bonds. The summed E-state index contributed by atoms with van der Waals surface area (Å²) in [6.45, 7) is 0. The van der Waals surface area contributed by atoms with E-state index in [9.17, 15) is 9.90 Å². The van der Waals surface area contributed by atoms with Crippen LogP contribution >= 0.6 is 11.3 Å². The number of carboxylic acids is 1. The maximum absolute atomic E-state index is 10.5. The fourth-order valence-corrected chi connectivity index (χ4v) is 2.33. The van der Waals surface area contributed by atoms with Crippen molar-refractivity contribution in [3.63, 3.8) is 0 Å². The van der Waals surface area contributed by atoms with E-state index in [2.05, 4.69) is 4.98 Å². The first-order valence-corrected chi connectivity index (χ1v) is 5.86.